The van der Waals surface area contributed by atoms with Crippen LogP contribution in [0.1, 0.15) is 32.7 Å². The fraction of sp³-hybridized carbons (Fsp3) is 0.333. The highest BCUT2D eigenvalue weighted by atomic mass is 19.1. The van der Waals surface area contributed by atoms with Crippen molar-refractivity contribution >= 4 is 5.91 Å². The van der Waals surface area contributed by atoms with E-state index < -0.39 is 23.1 Å². The molecule has 2 heterocycles. The molecule has 7 heteroatoms. The number of aromatic nitrogens is 1. The van der Waals surface area contributed by atoms with E-state index in [1.54, 1.807) is 0 Å². The molecule has 3 rings (SSSR count). The second-order valence-corrected chi connectivity index (χ2v) is 5.90. The molecule has 25 heavy (non-hydrogen) atoms. The summed E-state index contributed by atoms with van der Waals surface area (Å²) in [6.45, 7) is 3.61. The Balaban J connectivity index is 1.82. The molecule has 1 aromatic heterocycles. The van der Waals surface area contributed by atoms with Crippen molar-refractivity contribution in [3.63, 3.8) is 0 Å². The quantitative estimate of drug-likeness (QED) is 0.891. The van der Waals surface area contributed by atoms with Gasteiger partial charge in [0.1, 0.15) is 22.9 Å². The SMILES string of the molecule is COc1cc(F)c(C(=O)NCc2c(C)ncc3c2CCNC3)c(F)c1. The molecule has 132 valence electrons. The van der Waals surface area contributed by atoms with Crippen LogP contribution in [0.15, 0.2) is 18.3 Å². The van der Waals surface area contributed by atoms with Crippen LogP contribution in [0.2, 0.25) is 0 Å². The van der Waals surface area contributed by atoms with E-state index in [1.165, 1.54) is 7.11 Å². The first-order chi connectivity index (χ1) is 12.0. The van der Waals surface area contributed by atoms with E-state index in [0.717, 1.165) is 54.0 Å². The molecule has 0 saturated heterocycles. The number of aryl methyl sites for hydroxylation is 1. The van der Waals surface area contributed by atoms with Crippen molar-refractivity contribution in [3.8, 4) is 5.75 Å². The van der Waals surface area contributed by atoms with Gasteiger partial charge in [-0.1, -0.05) is 0 Å². The number of methoxy groups -OCH3 is 1. The highest BCUT2D eigenvalue weighted by Crippen LogP contribution is 2.22. The van der Waals surface area contributed by atoms with Crippen molar-refractivity contribution in [2.75, 3.05) is 13.7 Å². The number of benzene rings is 1. The maximum absolute atomic E-state index is 14.0. The molecule has 2 aromatic rings. The zero-order valence-electron chi connectivity index (χ0n) is 14.1. The van der Waals surface area contributed by atoms with Gasteiger partial charge >= 0.3 is 0 Å². The molecule has 0 aliphatic carbocycles. The van der Waals surface area contributed by atoms with Gasteiger partial charge in [0.25, 0.3) is 5.91 Å². The topological polar surface area (TPSA) is 63.2 Å². The Labute approximate surface area is 144 Å². The normalized spacial score (nSPS) is 13.3. The van der Waals surface area contributed by atoms with Crippen molar-refractivity contribution in [1.82, 2.24) is 15.6 Å². The standard InChI is InChI=1S/C18H19F2N3O2/c1-10-14(13-3-4-21-7-11(13)8-22-10)9-23-18(24)17-15(19)5-12(25-2)6-16(17)20/h5-6,8,21H,3-4,7,9H2,1-2H3,(H,23,24). The van der Waals surface area contributed by atoms with E-state index in [4.69, 9.17) is 4.74 Å². The van der Waals surface area contributed by atoms with E-state index >= 15 is 0 Å². The Kier molecular flexibility index (Phi) is 4.94. The number of hydrogen-bond acceptors (Lipinski definition) is 4. The summed E-state index contributed by atoms with van der Waals surface area (Å²) in [7, 11) is 1.30. The second kappa shape index (κ2) is 7.14. The molecular formula is C18H19F2N3O2. The first-order valence-corrected chi connectivity index (χ1v) is 7.99. The highest BCUT2D eigenvalue weighted by Gasteiger charge is 2.21. The average Bonchev–Trinajstić information content (AvgIpc) is 2.60. The van der Waals surface area contributed by atoms with Crippen LogP contribution < -0.4 is 15.4 Å². The molecular weight excluding hydrogens is 328 g/mol. The van der Waals surface area contributed by atoms with Gasteiger partial charge in [-0.15, -0.1) is 0 Å². The number of halogens is 2. The van der Waals surface area contributed by atoms with Gasteiger partial charge in [0.15, 0.2) is 0 Å². The number of fused-ring (bicyclic) bond motifs is 1. The van der Waals surface area contributed by atoms with Crippen molar-refractivity contribution in [2.45, 2.75) is 26.4 Å². The molecule has 0 bridgehead atoms. The van der Waals surface area contributed by atoms with Gasteiger partial charge in [0.2, 0.25) is 0 Å². The predicted octanol–water partition coefficient (Wildman–Crippen LogP) is 2.25. The summed E-state index contributed by atoms with van der Waals surface area (Å²) >= 11 is 0. The molecule has 0 unspecified atom stereocenters. The van der Waals surface area contributed by atoms with Crippen LogP contribution in [-0.2, 0) is 19.5 Å². The number of hydrogen-bond donors (Lipinski definition) is 2. The van der Waals surface area contributed by atoms with Gasteiger partial charge < -0.3 is 15.4 Å². The fourth-order valence-electron chi connectivity index (χ4n) is 3.02. The number of ether oxygens (including phenoxy) is 1. The molecule has 0 radical (unpaired) electrons. The maximum Gasteiger partial charge on any atom is 0.257 e. The second-order valence-electron chi connectivity index (χ2n) is 5.90. The van der Waals surface area contributed by atoms with Crippen molar-refractivity contribution in [3.05, 3.63) is 57.9 Å². The number of carbonyl (C=O) groups is 1. The molecule has 0 fully saturated rings. The first kappa shape index (κ1) is 17.3. The third kappa shape index (κ3) is 3.46. The van der Waals surface area contributed by atoms with Gasteiger partial charge in [-0.3, -0.25) is 9.78 Å². The zero-order valence-corrected chi connectivity index (χ0v) is 14.1. The largest absolute Gasteiger partial charge is 0.497 e. The Morgan fingerprint density at radius 3 is 2.76 bits per heavy atom. The van der Waals surface area contributed by atoms with E-state index in [-0.39, 0.29) is 12.3 Å². The van der Waals surface area contributed by atoms with Gasteiger partial charge in [0, 0.05) is 37.1 Å². The van der Waals surface area contributed by atoms with E-state index in [2.05, 4.69) is 15.6 Å². The van der Waals surface area contributed by atoms with Crippen molar-refractivity contribution in [1.29, 1.82) is 0 Å². The Morgan fingerprint density at radius 1 is 1.36 bits per heavy atom. The summed E-state index contributed by atoms with van der Waals surface area (Å²) in [5.74, 6) is -2.69. The average molecular weight is 347 g/mol. The molecule has 1 aliphatic rings. The van der Waals surface area contributed by atoms with E-state index in [0.29, 0.717) is 0 Å². The minimum atomic E-state index is -0.955. The number of nitrogens with one attached hydrogen (secondary N) is 2. The highest BCUT2D eigenvalue weighted by molar-refractivity contribution is 5.94. The lowest BCUT2D eigenvalue weighted by atomic mass is 9.96. The van der Waals surface area contributed by atoms with Crippen molar-refractivity contribution in [2.24, 2.45) is 0 Å². The van der Waals surface area contributed by atoms with Crippen LogP contribution in [-0.4, -0.2) is 24.5 Å². The monoisotopic (exact) mass is 347 g/mol. The van der Waals surface area contributed by atoms with Crippen LogP contribution in [0, 0.1) is 18.6 Å². The lowest BCUT2D eigenvalue weighted by molar-refractivity contribution is 0.0942. The summed E-state index contributed by atoms with van der Waals surface area (Å²) in [5, 5.41) is 5.87. The van der Waals surface area contributed by atoms with Gasteiger partial charge in [0.05, 0.1) is 7.11 Å². The van der Waals surface area contributed by atoms with E-state index in [9.17, 15) is 13.6 Å². The number of rotatable bonds is 4. The van der Waals surface area contributed by atoms with Crippen LogP contribution >= 0.6 is 0 Å². The summed E-state index contributed by atoms with van der Waals surface area (Å²) < 4.78 is 32.8. The Morgan fingerprint density at radius 2 is 2.08 bits per heavy atom. The van der Waals surface area contributed by atoms with Gasteiger partial charge in [-0.05, 0) is 36.6 Å². The van der Waals surface area contributed by atoms with Crippen LogP contribution in [0.25, 0.3) is 0 Å². The zero-order chi connectivity index (χ0) is 18.0. The predicted molar refractivity (Wildman–Crippen MR) is 88.5 cm³/mol. The van der Waals surface area contributed by atoms with Crippen LogP contribution in [0.3, 0.4) is 0 Å². The smallest absolute Gasteiger partial charge is 0.257 e. The number of nitrogens with zero attached hydrogens (tertiary/aromatic N) is 1. The molecule has 0 spiro atoms. The molecule has 1 amide bonds. The lowest BCUT2D eigenvalue weighted by Gasteiger charge is -2.21. The number of carbonyl (C=O) groups excluding carboxylic acids is 1. The lowest BCUT2D eigenvalue weighted by Crippen LogP contribution is -2.29. The number of amides is 1. The molecule has 5 nitrogen and oxygen atoms in total. The van der Waals surface area contributed by atoms with Gasteiger partial charge in [-0.2, -0.15) is 0 Å². The molecule has 1 aliphatic heterocycles. The summed E-state index contributed by atoms with van der Waals surface area (Å²) in [6, 6.07) is 1.97. The summed E-state index contributed by atoms with van der Waals surface area (Å²) in [5.41, 5.74) is 3.32. The third-order valence-corrected chi connectivity index (χ3v) is 4.37. The summed E-state index contributed by atoms with van der Waals surface area (Å²) in [4.78, 5) is 16.6. The molecule has 1 aromatic carbocycles. The maximum atomic E-state index is 14.0. The summed E-state index contributed by atoms with van der Waals surface area (Å²) in [6.07, 6.45) is 2.65. The van der Waals surface area contributed by atoms with E-state index in [1.807, 2.05) is 13.1 Å². The van der Waals surface area contributed by atoms with Gasteiger partial charge in [-0.25, -0.2) is 8.78 Å². The van der Waals surface area contributed by atoms with Crippen molar-refractivity contribution < 1.29 is 18.3 Å². The minimum absolute atomic E-state index is 0.0243. The van der Waals surface area contributed by atoms with Crippen LogP contribution in [0.4, 0.5) is 8.78 Å². The minimum Gasteiger partial charge on any atom is -0.497 e. The molecule has 2 N–H and O–H groups in total. The Bertz CT molecular complexity index is 801. The third-order valence-electron chi connectivity index (χ3n) is 4.37. The first-order valence-electron chi connectivity index (χ1n) is 7.99. The fourth-order valence-corrected chi connectivity index (χ4v) is 3.02. The van der Waals surface area contributed by atoms with Crippen LogP contribution in [0.5, 0.6) is 5.75 Å². The molecule has 0 atom stereocenters. The number of pyridine rings is 1. The molecule has 0 saturated carbocycles. The Hall–Kier alpha value is -2.54.